The van der Waals surface area contributed by atoms with E-state index in [4.69, 9.17) is 9.47 Å². The molecule has 0 radical (unpaired) electrons. The van der Waals surface area contributed by atoms with E-state index in [1.54, 1.807) is 0 Å². The van der Waals surface area contributed by atoms with Crippen LogP contribution in [0.15, 0.2) is 16.6 Å². The molecule has 0 aliphatic carbocycles. The fraction of sp³-hybridized carbons (Fsp3) is 0.571. The molecule has 100 valence electrons. The second-order valence-corrected chi connectivity index (χ2v) is 5.36. The number of fused-ring (bicyclic) bond motifs is 1. The Morgan fingerprint density at radius 2 is 1.89 bits per heavy atom. The van der Waals surface area contributed by atoms with Crippen LogP contribution in [0.2, 0.25) is 0 Å². The number of ether oxygens (including phenoxy) is 2. The molecule has 0 spiro atoms. The van der Waals surface area contributed by atoms with E-state index in [0.717, 1.165) is 48.6 Å². The van der Waals surface area contributed by atoms with Crippen LogP contribution in [0.5, 0.6) is 11.5 Å². The summed E-state index contributed by atoms with van der Waals surface area (Å²) in [7, 11) is 1.99. The van der Waals surface area contributed by atoms with Gasteiger partial charge >= 0.3 is 0 Å². The van der Waals surface area contributed by atoms with Gasteiger partial charge in [0.1, 0.15) is 0 Å². The summed E-state index contributed by atoms with van der Waals surface area (Å²) in [5.74, 6) is 1.75. The van der Waals surface area contributed by atoms with Gasteiger partial charge in [0.2, 0.25) is 0 Å². The topological polar surface area (TPSA) is 30.5 Å². The van der Waals surface area contributed by atoms with Crippen molar-refractivity contribution in [2.45, 2.75) is 25.7 Å². The van der Waals surface area contributed by atoms with Crippen molar-refractivity contribution in [2.24, 2.45) is 0 Å². The number of halogens is 1. The average molecular weight is 314 g/mol. The molecule has 0 saturated carbocycles. The Morgan fingerprint density at radius 3 is 2.61 bits per heavy atom. The lowest BCUT2D eigenvalue weighted by Gasteiger charge is -2.11. The Balaban J connectivity index is 2.04. The fourth-order valence-corrected chi connectivity index (χ4v) is 2.56. The Kier molecular flexibility index (Phi) is 5.32. The molecule has 4 heteroatoms. The lowest BCUT2D eigenvalue weighted by molar-refractivity contribution is 0.297. The minimum absolute atomic E-state index is 0.737. The molecule has 0 unspecified atom stereocenters. The van der Waals surface area contributed by atoms with Gasteiger partial charge in [-0.15, -0.1) is 0 Å². The van der Waals surface area contributed by atoms with Gasteiger partial charge in [0.25, 0.3) is 0 Å². The molecule has 1 aromatic rings. The quantitative estimate of drug-likeness (QED) is 0.847. The van der Waals surface area contributed by atoms with E-state index in [1.807, 2.05) is 13.1 Å². The summed E-state index contributed by atoms with van der Waals surface area (Å²) < 4.78 is 12.5. The molecule has 18 heavy (non-hydrogen) atoms. The van der Waals surface area contributed by atoms with Gasteiger partial charge < -0.3 is 14.8 Å². The second-order valence-electron chi connectivity index (χ2n) is 4.50. The first kappa shape index (κ1) is 13.7. The molecular weight excluding hydrogens is 294 g/mol. The van der Waals surface area contributed by atoms with E-state index >= 15 is 0 Å². The minimum atomic E-state index is 0.737. The van der Waals surface area contributed by atoms with Crippen molar-refractivity contribution < 1.29 is 9.47 Å². The highest BCUT2D eigenvalue weighted by atomic mass is 79.9. The standard InChI is InChI=1S/C14H20BrNO2/c1-16-6-3-2-5-11-9-13-14(10-12(11)15)18-8-4-7-17-13/h9-10,16H,2-8H2,1H3. The van der Waals surface area contributed by atoms with Gasteiger partial charge in [-0.25, -0.2) is 0 Å². The smallest absolute Gasteiger partial charge is 0.162 e. The molecule has 3 nitrogen and oxygen atoms in total. The Hall–Kier alpha value is -0.740. The summed E-state index contributed by atoms with van der Waals surface area (Å²) in [5.41, 5.74) is 1.30. The Labute approximate surface area is 117 Å². The van der Waals surface area contributed by atoms with E-state index in [-0.39, 0.29) is 0 Å². The van der Waals surface area contributed by atoms with Gasteiger partial charge in [0.15, 0.2) is 11.5 Å². The summed E-state index contributed by atoms with van der Waals surface area (Å²) in [5, 5.41) is 3.17. The third-order valence-corrected chi connectivity index (χ3v) is 3.78. The molecule has 0 bridgehead atoms. The first-order valence-corrected chi connectivity index (χ1v) is 7.33. The largest absolute Gasteiger partial charge is 0.490 e. The van der Waals surface area contributed by atoms with Crippen molar-refractivity contribution >= 4 is 15.9 Å². The maximum absolute atomic E-state index is 5.71. The van der Waals surface area contributed by atoms with Crippen LogP contribution >= 0.6 is 15.9 Å². The van der Waals surface area contributed by atoms with Crippen LogP contribution in [0.3, 0.4) is 0 Å². The molecule has 1 aromatic carbocycles. The van der Waals surface area contributed by atoms with Crippen LogP contribution in [-0.2, 0) is 6.42 Å². The Bertz CT molecular complexity index is 396. The first-order chi connectivity index (χ1) is 8.81. The van der Waals surface area contributed by atoms with Gasteiger partial charge in [-0.05, 0) is 50.6 Å². The fourth-order valence-electron chi connectivity index (χ4n) is 2.03. The van der Waals surface area contributed by atoms with Crippen LogP contribution in [0, 0.1) is 0 Å². The molecule has 1 N–H and O–H groups in total. The van der Waals surface area contributed by atoms with Crippen molar-refractivity contribution in [3.63, 3.8) is 0 Å². The van der Waals surface area contributed by atoms with Crippen molar-refractivity contribution in [3.8, 4) is 11.5 Å². The lowest BCUT2D eigenvalue weighted by atomic mass is 10.1. The van der Waals surface area contributed by atoms with Crippen molar-refractivity contribution in [1.82, 2.24) is 5.32 Å². The summed E-state index contributed by atoms with van der Waals surface area (Å²) in [6, 6.07) is 4.15. The minimum Gasteiger partial charge on any atom is -0.490 e. The maximum atomic E-state index is 5.71. The number of unbranched alkanes of at least 4 members (excludes halogenated alkanes) is 1. The average Bonchev–Trinajstić information content (AvgIpc) is 2.59. The zero-order chi connectivity index (χ0) is 12.8. The van der Waals surface area contributed by atoms with Crippen molar-refractivity contribution in [3.05, 3.63) is 22.2 Å². The van der Waals surface area contributed by atoms with Gasteiger partial charge in [0, 0.05) is 10.9 Å². The SMILES string of the molecule is CNCCCCc1cc2c(cc1Br)OCCCO2. The molecule has 0 amide bonds. The predicted molar refractivity (Wildman–Crippen MR) is 76.6 cm³/mol. The van der Waals surface area contributed by atoms with E-state index in [2.05, 4.69) is 27.3 Å². The first-order valence-electron chi connectivity index (χ1n) is 6.54. The van der Waals surface area contributed by atoms with E-state index in [1.165, 1.54) is 18.4 Å². The number of benzene rings is 1. The molecule has 0 saturated heterocycles. The van der Waals surface area contributed by atoms with E-state index in [9.17, 15) is 0 Å². The highest BCUT2D eigenvalue weighted by molar-refractivity contribution is 9.10. The second kappa shape index (κ2) is 7.00. The maximum Gasteiger partial charge on any atom is 0.162 e. The molecule has 1 aliphatic rings. The zero-order valence-corrected chi connectivity index (χ0v) is 12.4. The van der Waals surface area contributed by atoms with Gasteiger partial charge in [-0.2, -0.15) is 0 Å². The predicted octanol–water partition coefficient (Wildman–Crippen LogP) is 3.15. The van der Waals surface area contributed by atoms with Crippen molar-refractivity contribution in [1.29, 1.82) is 0 Å². The number of rotatable bonds is 5. The monoisotopic (exact) mass is 313 g/mol. The summed E-state index contributed by atoms with van der Waals surface area (Å²) >= 11 is 3.62. The molecular formula is C14H20BrNO2. The van der Waals surface area contributed by atoms with Crippen LogP contribution in [-0.4, -0.2) is 26.8 Å². The lowest BCUT2D eigenvalue weighted by Crippen LogP contribution is -2.07. The molecule has 1 aliphatic heterocycles. The number of nitrogens with one attached hydrogen (secondary N) is 1. The zero-order valence-electron chi connectivity index (χ0n) is 10.8. The molecule has 2 rings (SSSR count). The van der Waals surface area contributed by atoms with Crippen LogP contribution in [0.25, 0.3) is 0 Å². The third-order valence-electron chi connectivity index (χ3n) is 3.04. The summed E-state index contributed by atoms with van der Waals surface area (Å²) in [6.07, 6.45) is 4.39. The van der Waals surface area contributed by atoms with Crippen molar-refractivity contribution in [2.75, 3.05) is 26.8 Å². The third kappa shape index (κ3) is 3.62. The van der Waals surface area contributed by atoms with Crippen LogP contribution in [0.4, 0.5) is 0 Å². The summed E-state index contributed by atoms with van der Waals surface area (Å²) in [4.78, 5) is 0. The van der Waals surface area contributed by atoms with Gasteiger partial charge in [0.05, 0.1) is 13.2 Å². The molecule has 1 heterocycles. The Morgan fingerprint density at radius 1 is 1.17 bits per heavy atom. The normalized spacial score (nSPS) is 14.3. The molecule has 0 atom stereocenters. The number of hydrogen-bond donors (Lipinski definition) is 1. The van der Waals surface area contributed by atoms with Crippen LogP contribution < -0.4 is 14.8 Å². The van der Waals surface area contributed by atoms with Gasteiger partial charge in [-0.1, -0.05) is 15.9 Å². The highest BCUT2D eigenvalue weighted by Crippen LogP contribution is 2.35. The highest BCUT2D eigenvalue weighted by Gasteiger charge is 2.13. The van der Waals surface area contributed by atoms with Gasteiger partial charge in [-0.3, -0.25) is 0 Å². The van der Waals surface area contributed by atoms with Crippen LogP contribution in [0.1, 0.15) is 24.8 Å². The van der Waals surface area contributed by atoms with E-state index in [0.29, 0.717) is 0 Å². The number of aryl methyl sites for hydroxylation is 1. The number of hydrogen-bond acceptors (Lipinski definition) is 3. The molecule has 0 fully saturated rings. The molecule has 0 aromatic heterocycles. The summed E-state index contributed by atoms with van der Waals surface area (Å²) in [6.45, 7) is 2.55. The van der Waals surface area contributed by atoms with E-state index < -0.39 is 0 Å².